The van der Waals surface area contributed by atoms with Gasteiger partial charge < -0.3 is 9.47 Å². The lowest BCUT2D eigenvalue weighted by molar-refractivity contribution is -0.141. The van der Waals surface area contributed by atoms with Gasteiger partial charge in [0.25, 0.3) is 0 Å². The van der Waals surface area contributed by atoms with Crippen molar-refractivity contribution in [2.24, 2.45) is 5.41 Å². The van der Waals surface area contributed by atoms with Crippen LogP contribution in [-0.4, -0.2) is 24.9 Å². The van der Waals surface area contributed by atoms with E-state index < -0.39 is 11.6 Å². The van der Waals surface area contributed by atoms with Crippen molar-refractivity contribution >= 4 is 17.7 Å². The zero-order valence-electron chi connectivity index (χ0n) is 16.3. The van der Waals surface area contributed by atoms with E-state index >= 15 is 0 Å². The number of methoxy groups -OCH3 is 1. The van der Waals surface area contributed by atoms with Gasteiger partial charge in [-0.3, -0.25) is 4.79 Å². The average Bonchev–Trinajstić information content (AvgIpc) is 3.40. The van der Waals surface area contributed by atoms with Gasteiger partial charge in [-0.05, 0) is 67.5 Å². The van der Waals surface area contributed by atoms with Crippen molar-refractivity contribution < 1.29 is 23.0 Å². The predicted molar refractivity (Wildman–Crippen MR) is 107 cm³/mol. The maximum atomic E-state index is 14.6. The van der Waals surface area contributed by atoms with Crippen molar-refractivity contribution in [1.29, 1.82) is 0 Å². The van der Waals surface area contributed by atoms with Crippen molar-refractivity contribution in [3.63, 3.8) is 0 Å². The minimum Gasteiger partial charge on any atom is -0.491 e. The molecule has 0 saturated heterocycles. The number of halogens is 2. The number of benzene rings is 2. The molecule has 0 atom stereocenters. The lowest BCUT2D eigenvalue weighted by Crippen LogP contribution is -2.13. The zero-order chi connectivity index (χ0) is 20.3. The normalized spacial score (nSPS) is 14.8. The molecule has 6 heteroatoms. The monoisotopic (exact) mass is 406 g/mol. The fourth-order valence-electron chi connectivity index (χ4n) is 3.04. The summed E-state index contributed by atoms with van der Waals surface area (Å²) in [6.07, 6.45) is 2.06. The highest BCUT2D eigenvalue weighted by Crippen LogP contribution is 2.52. The van der Waals surface area contributed by atoms with E-state index in [9.17, 15) is 13.6 Å². The summed E-state index contributed by atoms with van der Waals surface area (Å²) in [5, 5.41) is 0. The van der Waals surface area contributed by atoms with Gasteiger partial charge in [0.2, 0.25) is 0 Å². The van der Waals surface area contributed by atoms with Crippen molar-refractivity contribution in [1.82, 2.24) is 0 Å². The van der Waals surface area contributed by atoms with Gasteiger partial charge in [0.1, 0.15) is 17.4 Å². The summed E-state index contributed by atoms with van der Waals surface area (Å²) in [5.74, 6) is -0.316. The van der Waals surface area contributed by atoms with Crippen LogP contribution >= 0.6 is 11.8 Å². The van der Waals surface area contributed by atoms with Crippen LogP contribution < -0.4 is 4.74 Å². The van der Waals surface area contributed by atoms with Crippen LogP contribution in [0.4, 0.5) is 8.78 Å². The van der Waals surface area contributed by atoms with Crippen LogP contribution in [0, 0.1) is 17.0 Å². The summed E-state index contributed by atoms with van der Waals surface area (Å²) < 4.78 is 39.7. The molecule has 0 amide bonds. The quantitative estimate of drug-likeness (QED) is 0.407. The third-order valence-corrected chi connectivity index (χ3v) is 6.20. The molecule has 0 heterocycles. The molecule has 28 heavy (non-hydrogen) atoms. The van der Waals surface area contributed by atoms with Crippen LogP contribution in [0.1, 0.15) is 33.1 Å². The Hall–Kier alpha value is -2.08. The van der Waals surface area contributed by atoms with Crippen LogP contribution in [-0.2, 0) is 9.53 Å². The van der Waals surface area contributed by atoms with Crippen molar-refractivity contribution in [2.75, 3.05) is 12.9 Å². The van der Waals surface area contributed by atoms with Gasteiger partial charge in [-0.25, -0.2) is 8.78 Å². The molecule has 150 valence electrons. The second-order valence-corrected chi connectivity index (χ2v) is 8.49. The maximum Gasteiger partial charge on any atom is 0.306 e. The van der Waals surface area contributed by atoms with Gasteiger partial charge in [0, 0.05) is 5.75 Å². The molecule has 2 aromatic rings. The summed E-state index contributed by atoms with van der Waals surface area (Å²) in [6, 6.07) is 9.88. The Morgan fingerprint density at radius 1 is 1.14 bits per heavy atom. The molecule has 0 aromatic heterocycles. The number of esters is 1. The summed E-state index contributed by atoms with van der Waals surface area (Å²) in [5.41, 5.74) is 0.957. The number of hydrogen-bond acceptors (Lipinski definition) is 4. The summed E-state index contributed by atoms with van der Waals surface area (Å²) in [4.78, 5) is 11.5. The zero-order valence-corrected chi connectivity index (χ0v) is 17.1. The number of carbonyl (C=O) groups is 1. The Bertz CT molecular complexity index is 840. The molecular weight excluding hydrogens is 382 g/mol. The van der Waals surface area contributed by atoms with Gasteiger partial charge in [-0.15, -0.1) is 11.8 Å². The molecule has 1 saturated carbocycles. The molecule has 1 aliphatic carbocycles. The molecule has 0 N–H and O–H groups in total. The fraction of sp³-hybridized carbons (Fsp3) is 0.409. The molecule has 3 rings (SSSR count). The molecule has 0 spiro atoms. The summed E-state index contributed by atoms with van der Waals surface area (Å²) >= 11 is 1.13. The van der Waals surface area contributed by atoms with E-state index in [0.29, 0.717) is 29.1 Å². The van der Waals surface area contributed by atoms with Crippen LogP contribution in [0.5, 0.6) is 5.75 Å². The first-order chi connectivity index (χ1) is 13.3. The van der Waals surface area contributed by atoms with Gasteiger partial charge >= 0.3 is 5.97 Å². The second kappa shape index (κ2) is 8.52. The number of hydrogen-bond donors (Lipinski definition) is 0. The average molecular weight is 406 g/mol. The molecule has 0 unspecified atom stereocenters. The molecule has 1 aliphatic rings. The molecule has 0 radical (unpaired) electrons. The molecular formula is C22H24F2O3S. The van der Waals surface area contributed by atoms with Gasteiger partial charge in [-0.2, -0.15) is 0 Å². The van der Waals surface area contributed by atoms with Gasteiger partial charge in [0.05, 0.1) is 24.5 Å². The first-order valence-electron chi connectivity index (χ1n) is 9.28. The Balaban J connectivity index is 1.75. The van der Waals surface area contributed by atoms with E-state index in [4.69, 9.17) is 9.47 Å². The summed E-state index contributed by atoms with van der Waals surface area (Å²) in [6.45, 7) is 3.84. The van der Waals surface area contributed by atoms with Crippen molar-refractivity contribution in [3.8, 4) is 16.9 Å². The van der Waals surface area contributed by atoms with Gasteiger partial charge in [-0.1, -0.05) is 12.1 Å². The van der Waals surface area contributed by atoms with Crippen molar-refractivity contribution in [3.05, 3.63) is 48.0 Å². The third-order valence-electron chi connectivity index (χ3n) is 4.76. The fourth-order valence-corrected chi connectivity index (χ4v) is 4.27. The van der Waals surface area contributed by atoms with Crippen LogP contribution in [0.25, 0.3) is 11.1 Å². The first-order valence-corrected chi connectivity index (χ1v) is 10.3. The molecule has 3 nitrogen and oxygen atoms in total. The van der Waals surface area contributed by atoms with Gasteiger partial charge in [0.15, 0.2) is 0 Å². The highest BCUT2D eigenvalue weighted by molar-refractivity contribution is 7.99. The smallest absolute Gasteiger partial charge is 0.306 e. The number of ether oxygens (including phenoxy) is 2. The lowest BCUT2D eigenvalue weighted by Gasteiger charge is -2.15. The molecule has 0 bridgehead atoms. The van der Waals surface area contributed by atoms with Crippen LogP contribution in [0.15, 0.2) is 41.3 Å². The third kappa shape index (κ3) is 5.04. The van der Waals surface area contributed by atoms with E-state index in [1.54, 1.807) is 18.2 Å². The maximum absolute atomic E-state index is 14.6. The largest absolute Gasteiger partial charge is 0.491 e. The number of rotatable bonds is 8. The minimum atomic E-state index is -0.593. The topological polar surface area (TPSA) is 35.5 Å². The predicted octanol–water partition coefficient (Wildman–Crippen LogP) is 5.85. The summed E-state index contributed by atoms with van der Waals surface area (Å²) in [7, 11) is 1.35. The number of carbonyl (C=O) groups excluding carboxylic acids is 1. The first kappa shape index (κ1) is 20.6. The van der Waals surface area contributed by atoms with E-state index in [0.717, 1.165) is 24.6 Å². The Morgan fingerprint density at radius 2 is 1.82 bits per heavy atom. The molecule has 1 fully saturated rings. The van der Waals surface area contributed by atoms with E-state index in [1.807, 2.05) is 19.9 Å². The lowest BCUT2D eigenvalue weighted by atomic mass is 10.1. The minimum absolute atomic E-state index is 0.00511. The number of thioether (sulfide) groups is 1. The standard InChI is InChI=1S/C22H24F2O3S/c1-14(2)27-17-6-4-5-15(9-17)16-10-18(23)21(19(24)11-16)28-13-22(7-8-22)12-20(25)26-3/h4-6,9-11,14H,7-8,12-13H2,1-3H3. The molecule has 0 aliphatic heterocycles. The highest BCUT2D eigenvalue weighted by Gasteiger charge is 2.44. The SMILES string of the molecule is COC(=O)CC1(CSc2c(F)cc(-c3cccc(OC(C)C)c3)cc2F)CC1. The highest BCUT2D eigenvalue weighted by atomic mass is 32.2. The van der Waals surface area contributed by atoms with E-state index in [-0.39, 0.29) is 22.4 Å². The van der Waals surface area contributed by atoms with Crippen LogP contribution in [0.3, 0.4) is 0 Å². The molecule has 2 aromatic carbocycles. The van der Waals surface area contributed by atoms with Crippen molar-refractivity contribution in [2.45, 2.75) is 44.1 Å². The Morgan fingerprint density at radius 3 is 2.39 bits per heavy atom. The Labute approximate surface area is 168 Å². The second-order valence-electron chi connectivity index (χ2n) is 7.51. The van der Waals surface area contributed by atoms with E-state index in [2.05, 4.69) is 0 Å². The van der Waals surface area contributed by atoms with Crippen LogP contribution in [0.2, 0.25) is 0 Å². The Kier molecular flexibility index (Phi) is 6.28. The van der Waals surface area contributed by atoms with E-state index in [1.165, 1.54) is 19.2 Å².